The van der Waals surface area contributed by atoms with Crippen molar-refractivity contribution in [1.29, 1.82) is 0 Å². The predicted molar refractivity (Wildman–Crippen MR) is 130 cm³/mol. The number of carbonyl (C=O) groups excluding carboxylic acids is 2. The standard InChI is InChI=1S/C24H22FN3O5S2/c1-2-33-23(30)11-18-14-34-24(26-18)27-22(29)13-28-12-21(19-5-3-4-6-20(19)28)35(31,32)15-16-7-9-17(25)10-8-16/h3-10,12,14H,2,11,13,15H2,1H3,(H,26,27,29). The molecule has 0 bridgehead atoms. The zero-order chi connectivity index (χ0) is 25.0. The number of nitrogens with zero attached hydrogens (tertiary/aromatic N) is 2. The number of fused-ring (bicyclic) bond motifs is 1. The van der Waals surface area contributed by atoms with Crippen molar-refractivity contribution in [3.05, 3.63) is 77.2 Å². The first-order valence-electron chi connectivity index (χ1n) is 10.7. The Morgan fingerprint density at radius 1 is 1.14 bits per heavy atom. The van der Waals surface area contributed by atoms with E-state index in [9.17, 15) is 22.4 Å². The zero-order valence-corrected chi connectivity index (χ0v) is 20.4. The Morgan fingerprint density at radius 2 is 1.89 bits per heavy atom. The van der Waals surface area contributed by atoms with Gasteiger partial charge in [-0.25, -0.2) is 17.8 Å². The second-order valence-electron chi connectivity index (χ2n) is 7.70. The molecule has 2 aromatic carbocycles. The molecule has 0 aliphatic heterocycles. The van der Waals surface area contributed by atoms with Crippen LogP contribution in [0, 0.1) is 5.82 Å². The van der Waals surface area contributed by atoms with Crippen molar-refractivity contribution >= 4 is 49.1 Å². The smallest absolute Gasteiger partial charge is 0.311 e. The number of esters is 1. The van der Waals surface area contributed by atoms with Crippen LogP contribution in [0.1, 0.15) is 18.2 Å². The number of ether oxygens (including phenoxy) is 1. The minimum Gasteiger partial charge on any atom is -0.466 e. The molecule has 0 aliphatic carbocycles. The van der Waals surface area contributed by atoms with E-state index in [4.69, 9.17) is 4.74 Å². The van der Waals surface area contributed by atoms with Crippen molar-refractivity contribution < 1.29 is 27.1 Å². The van der Waals surface area contributed by atoms with Crippen LogP contribution in [0.5, 0.6) is 0 Å². The lowest BCUT2D eigenvalue weighted by Gasteiger charge is -2.05. The van der Waals surface area contributed by atoms with Crippen molar-refractivity contribution in [2.24, 2.45) is 0 Å². The van der Waals surface area contributed by atoms with Gasteiger partial charge >= 0.3 is 5.97 Å². The van der Waals surface area contributed by atoms with Gasteiger partial charge in [0.1, 0.15) is 12.4 Å². The van der Waals surface area contributed by atoms with Gasteiger partial charge in [-0.05, 0) is 30.7 Å². The first kappa shape index (κ1) is 24.6. The van der Waals surface area contributed by atoms with E-state index in [1.54, 1.807) is 41.1 Å². The van der Waals surface area contributed by atoms with Crippen LogP contribution in [0.2, 0.25) is 0 Å². The van der Waals surface area contributed by atoms with Gasteiger partial charge in [-0.3, -0.25) is 9.59 Å². The van der Waals surface area contributed by atoms with Gasteiger partial charge in [0.25, 0.3) is 0 Å². The van der Waals surface area contributed by atoms with Gasteiger partial charge in [0, 0.05) is 22.5 Å². The Kier molecular flexibility index (Phi) is 7.27. The average Bonchev–Trinajstić information content (AvgIpc) is 3.40. The molecule has 1 N–H and O–H groups in total. The van der Waals surface area contributed by atoms with Gasteiger partial charge in [-0.1, -0.05) is 30.3 Å². The molecular formula is C24H22FN3O5S2. The first-order valence-corrected chi connectivity index (χ1v) is 13.2. The molecule has 0 saturated heterocycles. The van der Waals surface area contributed by atoms with Crippen LogP contribution < -0.4 is 5.32 Å². The first-order chi connectivity index (χ1) is 16.7. The molecule has 182 valence electrons. The predicted octanol–water partition coefficient (Wildman–Crippen LogP) is 3.96. The minimum atomic E-state index is -3.77. The van der Waals surface area contributed by atoms with E-state index in [-0.39, 0.29) is 30.2 Å². The molecule has 4 rings (SSSR count). The maximum atomic E-state index is 13.2. The van der Waals surface area contributed by atoms with Crippen molar-refractivity contribution in [2.45, 2.75) is 30.5 Å². The number of hydrogen-bond acceptors (Lipinski definition) is 7. The van der Waals surface area contributed by atoms with Crippen LogP contribution >= 0.6 is 11.3 Å². The molecule has 0 aliphatic rings. The molecule has 0 atom stereocenters. The zero-order valence-electron chi connectivity index (χ0n) is 18.7. The maximum absolute atomic E-state index is 13.2. The topological polar surface area (TPSA) is 107 Å². The van der Waals surface area contributed by atoms with Crippen LogP contribution in [0.25, 0.3) is 10.9 Å². The van der Waals surface area contributed by atoms with Crippen LogP contribution in [0.15, 0.2) is 65.0 Å². The van der Waals surface area contributed by atoms with Crippen LogP contribution in [0.3, 0.4) is 0 Å². The maximum Gasteiger partial charge on any atom is 0.311 e. The Bertz CT molecular complexity index is 1480. The van der Waals surface area contributed by atoms with E-state index in [2.05, 4.69) is 10.3 Å². The lowest BCUT2D eigenvalue weighted by atomic mass is 10.2. The molecule has 0 fully saturated rings. The third-order valence-electron chi connectivity index (χ3n) is 5.10. The van der Waals surface area contributed by atoms with Crippen molar-refractivity contribution in [3.8, 4) is 0 Å². The Balaban J connectivity index is 1.52. The number of para-hydroxylation sites is 1. The molecule has 11 heteroatoms. The number of amides is 1. The highest BCUT2D eigenvalue weighted by Gasteiger charge is 2.22. The van der Waals surface area contributed by atoms with Gasteiger partial charge < -0.3 is 14.6 Å². The summed E-state index contributed by atoms with van der Waals surface area (Å²) in [5.74, 6) is -1.54. The number of carbonyl (C=O) groups is 2. The summed E-state index contributed by atoms with van der Waals surface area (Å²) < 4.78 is 46.0. The fourth-order valence-corrected chi connectivity index (χ4v) is 5.90. The fourth-order valence-electron chi connectivity index (χ4n) is 3.59. The summed E-state index contributed by atoms with van der Waals surface area (Å²) in [6, 6.07) is 12.2. The van der Waals surface area contributed by atoms with E-state index < -0.39 is 27.5 Å². The molecule has 4 aromatic rings. The van der Waals surface area contributed by atoms with Crippen LogP contribution in [0.4, 0.5) is 9.52 Å². The van der Waals surface area contributed by atoms with Gasteiger partial charge in [0.2, 0.25) is 5.91 Å². The molecule has 8 nitrogen and oxygen atoms in total. The molecule has 2 heterocycles. The van der Waals surface area contributed by atoms with E-state index in [0.29, 0.717) is 27.3 Å². The highest BCUT2D eigenvalue weighted by atomic mass is 32.2. The second kappa shape index (κ2) is 10.4. The third-order valence-corrected chi connectivity index (χ3v) is 7.62. The van der Waals surface area contributed by atoms with E-state index in [1.807, 2.05) is 0 Å². The van der Waals surface area contributed by atoms with Gasteiger partial charge in [-0.2, -0.15) is 0 Å². The summed E-state index contributed by atoms with van der Waals surface area (Å²) in [5.41, 5.74) is 1.54. The number of nitrogens with one attached hydrogen (secondary N) is 1. The van der Waals surface area contributed by atoms with Gasteiger partial charge in [-0.15, -0.1) is 11.3 Å². The average molecular weight is 516 g/mol. The molecule has 2 aromatic heterocycles. The lowest BCUT2D eigenvalue weighted by molar-refractivity contribution is -0.142. The van der Waals surface area contributed by atoms with Crippen LogP contribution in [-0.2, 0) is 42.9 Å². The third kappa shape index (κ3) is 5.92. The Labute approximate surface area is 205 Å². The molecule has 0 saturated carbocycles. The summed E-state index contributed by atoms with van der Waals surface area (Å²) in [6.07, 6.45) is 1.45. The summed E-state index contributed by atoms with van der Waals surface area (Å²) in [4.78, 5) is 28.6. The van der Waals surface area contributed by atoms with Crippen molar-refractivity contribution in [3.63, 3.8) is 0 Å². The molecular weight excluding hydrogens is 493 g/mol. The van der Waals surface area contributed by atoms with Gasteiger partial charge in [0.15, 0.2) is 15.0 Å². The van der Waals surface area contributed by atoms with Crippen molar-refractivity contribution in [1.82, 2.24) is 9.55 Å². The number of hydrogen-bond donors (Lipinski definition) is 1. The lowest BCUT2D eigenvalue weighted by Crippen LogP contribution is -2.18. The monoisotopic (exact) mass is 515 g/mol. The summed E-state index contributed by atoms with van der Waals surface area (Å²) in [5, 5.41) is 5.17. The number of anilines is 1. The summed E-state index contributed by atoms with van der Waals surface area (Å²) in [6.45, 7) is 1.85. The Morgan fingerprint density at radius 3 is 2.63 bits per heavy atom. The number of thiazole rings is 1. The number of halogens is 1. The largest absolute Gasteiger partial charge is 0.466 e. The molecule has 0 spiro atoms. The number of rotatable bonds is 9. The van der Waals surface area contributed by atoms with Crippen LogP contribution in [-0.4, -0.2) is 36.5 Å². The normalized spacial score (nSPS) is 11.5. The molecule has 35 heavy (non-hydrogen) atoms. The highest BCUT2D eigenvalue weighted by Crippen LogP contribution is 2.28. The summed E-state index contributed by atoms with van der Waals surface area (Å²) >= 11 is 1.18. The van der Waals surface area contributed by atoms with E-state index in [0.717, 1.165) is 0 Å². The van der Waals surface area contributed by atoms with Crippen molar-refractivity contribution in [2.75, 3.05) is 11.9 Å². The number of benzene rings is 2. The SMILES string of the molecule is CCOC(=O)Cc1csc(NC(=O)Cn2cc(S(=O)(=O)Cc3ccc(F)cc3)c3ccccc32)n1. The molecule has 1 amide bonds. The molecule has 0 radical (unpaired) electrons. The van der Waals surface area contributed by atoms with E-state index in [1.165, 1.54) is 41.8 Å². The number of sulfone groups is 1. The fraction of sp³-hybridized carbons (Fsp3) is 0.208. The van der Waals surface area contributed by atoms with Gasteiger partial charge in [0.05, 0.1) is 29.4 Å². The minimum absolute atomic E-state index is 0.0116. The quantitative estimate of drug-likeness (QED) is 0.338. The highest BCUT2D eigenvalue weighted by molar-refractivity contribution is 7.90. The summed E-state index contributed by atoms with van der Waals surface area (Å²) in [7, 11) is -3.77. The molecule has 0 unspecified atom stereocenters. The van der Waals surface area contributed by atoms with E-state index >= 15 is 0 Å². The second-order valence-corrected chi connectivity index (χ2v) is 10.5. The number of aromatic nitrogens is 2. The Hall–Kier alpha value is -3.57.